The number of phenolic OH excluding ortho intramolecular Hbond substituents is 1. The summed E-state index contributed by atoms with van der Waals surface area (Å²) in [4.78, 5) is 11.6. The zero-order valence-corrected chi connectivity index (χ0v) is 10.1. The fourth-order valence-electron chi connectivity index (χ4n) is 1.50. The number of urea groups is 1. The average molecular weight is 260 g/mol. The summed E-state index contributed by atoms with van der Waals surface area (Å²) in [5.41, 5.74) is 1.39. The summed E-state index contributed by atoms with van der Waals surface area (Å²) < 4.78 is 12.7. The van der Waals surface area contributed by atoms with Crippen LogP contribution in [0, 0.1) is 5.82 Å². The predicted molar refractivity (Wildman–Crippen MR) is 70.4 cm³/mol. The second-order valence-electron chi connectivity index (χ2n) is 3.98. The van der Waals surface area contributed by atoms with Crippen LogP contribution in [0.15, 0.2) is 48.5 Å². The molecular formula is C14H13FN2O2. The van der Waals surface area contributed by atoms with E-state index in [2.05, 4.69) is 10.6 Å². The van der Waals surface area contributed by atoms with Crippen molar-refractivity contribution in [3.63, 3.8) is 0 Å². The number of nitrogens with one attached hydrogen (secondary N) is 2. The van der Waals surface area contributed by atoms with Crippen molar-refractivity contribution in [3.05, 3.63) is 59.9 Å². The number of carbonyl (C=O) groups is 1. The quantitative estimate of drug-likeness (QED) is 0.794. The third kappa shape index (κ3) is 3.99. The molecule has 0 spiro atoms. The van der Waals surface area contributed by atoms with Gasteiger partial charge in [-0.2, -0.15) is 0 Å². The van der Waals surface area contributed by atoms with Gasteiger partial charge in [-0.15, -0.1) is 0 Å². The van der Waals surface area contributed by atoms with E-state index in [1.165, 1.54) is 24.3 Å². The molecular weight excluding hydrogens is 247 g/mol. The summed E-state index contributed by atoms with van der Waals surface area (Å²) in [7, 11) is 0. The van der Waals surface area contributed by atoms with Crippen LogP contribution in [-0.4, -0.2) is 11.1 Å². The first kappa shape index (κ1) is 12.9. The van der Waals surface area contributed by atoms with Gasteiger partial charge in [0.15, 0.2) is 0 Å². The molecule has 4 nitrogen and oxygen atoms in total. The molecule has 2 aromatic rings. The molecule has 0 aliphatic rings. The lowest BCUT2D eigenvalue weighted by molar-refractivity contribution is 0.251. The number of benzene rings is 2. The highest BCUT2D eigenvalue weighted by Gasteiger charge is 2.01. The number of phenols is 1. The maximum Gasteiger partial charge on any atom is 0.319 e. The standard InChI is InChI=1S/C14H13FN2O2/c15-11-3-5-12(6-4-11)17-14(19)16-9-10-1-7-13(18)8-2-10/h1-8,18H,9H2,(H2,16,17,19). The van der Waals surface area contributed by atoms with Crippen molar-refractivity contribution in [1.82, 2.24) is 5.32 Å². The number of anilines is 1. The molecule has 0 bridgehead atoms. The molecule has 3 N–H and O–H groups in total. The van der Waals surface area contributed by atoms with Crippen molar-refractivity contribution in [1.29, 1.82) is 0 Å². The summed E-state index contributed by atoms with van der Waals surface area (Å²) in [6.07, 6.45) is 0. The zero-order valence-electron chi connectivity index (χ0n) is 10.1. The minimum absolute atomic E-state index is 0.180. The number of carbonyl (C=O) groups excluding carboxylic acids is 1. The molecule has 0 saturated heterocycles. The first-order valence-corrected chi connectivity index (χ1v) is 5.72. The van der Waals surface area contributed by atoms with Gasteiger partial charge in [0, 0.05) is 12.2 Å². The van der Waals surface area contributed by atoms with Crippen molar-refractivity contribution in [2.24, 2.45) is 0 Å². The van der Waals surface area contributed by atoms with E-state index in [1.54, 1.807) is 24.3 Å². The summed E-state index contributed by atoms with van der Waals surface area (Å²) >= 11 is 0. The average Bonchev–Trinajstić information content (AvgIpc) is 2.41. The SMILES string of the molecule is O=C(NCc1ccc(O)cc1)Nc1ccc(F)cc1. The Labute approximate surface area is 109 Å². The molecule has 0 radical (unpaired) electrons. The molecule has 0 fully saturated rings. The molecule has 2 amide bonds. The Morgan fingerprint density at radius 2 is 1.68 bits per heavy atom. The second kappa shape index (κ2) is 5.86. The Hall–Kier alpha value is -2.56. The minimum atomic E-state index is -0.375. The molecule has 98 valence electrons. The van der Waals surface area contributed by atoms with Crippen LogP contribution >= 0.6 is 0 Å². The Morgan fingerprint density at radius 3 is 2.32 bits per heavy atom. The van der Waals surface area contributed by atoms with Crippen molar-refractivity contribution in [3.8, 4) is 5.75 Å². The monoisotopic (exact) mass is 260 g/mol. The highest BCUT2D eigenvalue weighted by atomic mass is 19.1. The molecule has 0 aliphatic carbocycles. The molecule has 2 aromatic carbocycles. The zero-order chi connectivity index (χ0) is 13.7. The number of hydrogen-bond donors (Lipinski definition) is 3. The highest BCUT2D eigenvalue weighted by Crippen LogP contribution is 2.10. The topological polar surface area (TPSA) is 61.4 Å². The Kier molecular flexibility index (Phi) is 3.97. The molecule has 2 rings (SSSR count). The van der Waals surface area contributed by atoms with Crippen LogP contribution < -0.4 is 10.6 Å². The molecule has 5 heteroatoms. The largest absolute Gasteiger partial charge is 0.508 e. The molecule has 0 heterocycles. The molecule has 19 heavy (non-hydrogen) atoms. The van der Waals surface area contributed by atoms with Gasteiger partial charge in [0.1, 0.15) is 11.6 Å². The first-order chi connectivity index (χ1) is 9.13. The number of halogens is 1. The van der Waals surface area contributed by atoms with E-state index in [1.807, 2.05) is 0 Å². The van der Waals surface area contributed by atoms with Crippen molar-refractivity contribution in [2.75, 3.05) is 5.32 Å². The van der Waals surface area contributed by atoms with Gasteiger partial charge in [0.2, 0.25) is 0 Å². The summed E-state index contributed by atoms with van der Waals surface area (Å²) in [6.45, 7) is 0.341. The van der Waals surface area contributed by atoms with Gasteiger partial charge < -0.3 is 15.7 Å². The number of amides is 2. The lowest BCUT2D eigenvalue weighted by Gasteiger charge is -2.07. The fourth-order valence-corrected chi connectivity index (χ4v) is 1.50. The van der Waals surface area contributed by atoms with E-state index in [4.69, 9.17) is 5.11 Å². The molecule has 0 aromatic heterocycles. The maximum atomic E-state index is 12.7. The highest BCUT2D eigenvalue weighted by molar-refractivity contribution is 5.89. The summed E-state index contributed by atoms with van der Waals surface area (Å²) in [5, 5.41) is 14.4. The van der Waals surface area contributed by atoms with Gasteiger partial charge >= 0.3 is 6.03 Å². The van der Waals surface area contributed by atoms with Crippen LogP contribution in [0.1, 0.15) is 5.56 Å². The molecule has 0 atom stereocenters. The van der Waals surface area contributed by atoms with Gasteiger partial charge in [-0.1, -0.05) is 12.1 Å². The van der Waals surface area contributed by atoms with Crippen LogP contribution in [0.25, 0.3) is 0 Å². The Balaban J connectivity index is 1.84. The van der Waals surface area contributed by atoms with E-state index < -0.39 is 0 Å². The van der Waals surface area contributed by atoms with Crippen molar-refractivity contribution >= 4 is 11.7 Å². The molecule has 0 unspecified atom stereocenters. The smallest absolute Gasteiger partial charge is 0.319 e. The van der Waals surface area contributed by atoms with Crippen LogP contribution in [0.2, 0.25) is 0 Å². The van der Waals surface area contributed by atoms with E-state index >= 15 is 0 Å². The first-order valence-electron chi connectivity index (χ1n) is 5.72. The summed E-state index contributed by atoms with van der Waals surface area (Å²) in [5.74, 6) is -0.172. The van der Waals surface area contributed by atoms with Crippen molar-refractivity contribution < 1.29 is 14.3 Å². The Bertz CT molecular complexity index is 553. The third-order valence-corrected chi connectivity index (χ3v) is 2.49. The van der Waals surface area contributed by atoms with Gasteiger partial charge in [-0.3, -0.25) is 0 Å². The summed E-state index contributed by atoms with van der Waals surface area (Å²) in [6, 6.07) is 11.7. The molecule has 0 aliphatic heterocycles. The van der Waals surface area contributed by atoms with Crippen LogP contribution in [0.3, 0.4) is 0 Å². The lowest BCUT2D eigenvalue weighted by atomic mass is 10.2. The number of aromatic hydroxyl groups is 1. The number of rotatable bonds is 3. The van der Waals surface area contributed by atoms with Gasteiger partial charge in [-0.25, -0.2) is 9.18 Å². The second-order valence-corrected chi connectivity index (χ2v) is 3.98. The van der Waals surface area contributed by atoms with Gasteiger partial charge in [0.25, 0.3) is 0 Å². The minimum Gasteiger partial charge on any atom is -0.508 e. The fraction of sp³-hybridized carbons (Fsp3) is 0.0714. The maximum absolute atomic E-state index is 12.7. The van der Waals surface area contributed by atoms with E-state index in [0.717, 1.165) is 5.56 Å². The van der Waals surface area contributed by atoms with Gasteiger partial charge in [0.05, 0.1) is 0 Å². The van der Waals surface area contributed by atoms with Crippen molar-refractivity contribution in [2.45, 2.75) is 6.54 Å². The third-order valence-electron chi connectivity index (χ3n) is 2.49. The van der Waals surface area contributed by atoms with Gasteiger partial charge in [-0.05, 0) is 42.0 Å². The predicted octanol–water partition coefficient (Wildman–Crippen LogP) is 2.85. The van der Waals surface area contributed by atoms with Crippen LogP contribution in [-0.2, 0) is 6.54 Å². The van der Waals surface area contributed by atoms with Crippen LogP contribution in [0.5, 0.6) is 5.75 Å². The van der Waals surface area contributed by atoms with E-state index in [-0.39, 0.29) is 17.6 Å². The molecule has 0 saturated carbocycles. The van der Waals surface area contributed by atoms with E-state index in [9.17, 15) is 9.18 Å². The normalized spacial score (nSPS) is 9.95. The van der Waals surface area contributed by atoms with Crippen LogP contribution in [0.4, 0.5) is 14.9 Å². The number of hydrogen-bond acceptors (Lipinski definition) is 2. The Morgan fingerprint density at radius 1 is 1.05 bits per heavy atom. The lowest BCUT2D eigenvalue weighted by Crippen LogP contribution is -2.28. The van der Waals surface area contributed by atoms with E-state index in [0.29, 0.717) is 12.2 Å².